The molecule has 3 aromatic rings. The highest BCUT2D eigenvalue weighted by atomic mass is 16.5. The predicted molar refractivity (Wildman–Crippen MR) is 111 cm³/mol. The summed E-state index contributed by atoms with van der Waals surface area (Å²) in [4.78, 5) is 7.03. The fourth-order valence-corrected chi connectivity index (χ4v) is 3.76. The third kappa shape index (κ3) is 3.43. The van der Waals surface area contributed by atoms with Crippen molar-refractivity contribution in [3.05, 3.63) is 54.2 Å². The number of hydrogen-bond donors (Lipinski definition) is 1. The monoisotopic (exact) mass is 379 g/mol. The van der Waals surface area contributed by atoms with Gasteiger partial charge in [-0.2, -0.15) is 0 Å². The maximum absolute atomic E-state index is 5.51. The van der Waals surface area contributed by atoms with Gasteiger partial charge in [0.15, 0.2) is 11.5 Å². The summed E-state index contributed by atoms with van der Waals surface area (Å²) in [6, 6.07) is 14.4. The molecule has 6 nitrogen and oxygen atoms in total. The fraction of sp³-hybridized carbons (Fsp3) is 0.318. The van der Waals surface area contributed by atoms with Crippen LogP contribution >= 0.6 is 0 Å². The molecule has 2 aromatic carbocycles. The van der Waals surface area contributed by atoms with E-state index in [0.717, 1.165) is 47.7 Å². The van der Waals surface area contributed by atoms with Gasteiger partial charge in [0.25, 0.3) is 0 Å². The number of hydrogen-bond acceptors (Lipinski definition) is 6. The lowest BCUT2D eigenvalue weighted by Crippen LogP contribution is -2.46. The molecule has 0 aliphatic carbocycles. The summed E-state index contributed by atoms with van der Waals surface area (Å²) in [5, 5.41) is 5.75. The number of anilines is 1. The lowest BCUT2D eigenvalue weighted by Gasteiger charge is -2.35. The number of nitrogens with zero attached hydrogens (tertiary/aromatic N) is 2. The molecule has 1 aliphatic heterocycles. The van der Waals surface area contributed by atoms with Gasteiger partial charge in [-0.25, -0.2) is 4.98 Å². The van der Waals surface area contributed by atoms with Gasteiger partial charge in [-0.05, 0) is 41.3 Å². The third-order valence-corrected chi connectivity index (χ3v) is 5.22. The van der Waals surface area contributed by atoms with Crippen LogP contribution in [0.2, 0.25) is 0 Å². The highest BCUT2D eigenvalue weighted by Crippen LogP contribution is 2.36. The Balaban J connectivity index is 1.69. The first-order valence-corrected chi connectivity index (χ1v) is 9.36. The molecule has 1 aliphatic rings. The Hall–Kier alpha value is -2.99. The number of piperazine rings is 1. The number of nitrogens with one attached hydrogen (secondary N) is 1. The van der Waals surface area contributed by atoms with E-state index in [4.69, 9.17) is 19.2 Å². The topological polar surface area (TPSA) is 55.9 Å². The molecule has 1 aromatic heterocycles. The van der Waals surface area contributed by atoms with Gasteiger partial charge in [0.05, 0.1) is 27.4 Å². The minimum Gasteiger partial charge on any atom is -0.497 e. The van der Waals surface area contributed by atoms with Crippen molar-refractivity contribution in [2.24, 2.45) is 0 Å². The minimum absolute atomic E-state index is 0.209. The van der Waals surface area contributed by atoms with Crippen LogP contribution in [0.5, 0.6) is 17.2 Å². The van der Waals surface area contributed by atoms with Crippen molar-refractivity contribution in [3.63, 3.8) is 0 Å². The van der Waals surface area contributed by atoms with Crippen molar-refractivity contribution in [1.82, 2.24) is 10.3 Å². The van der Waals surface area contributed by atoms with Crippen LogP contribution in [0.25, 0.3) is 10.8 Å². The van der Waals surface area contributed by atoms with Gasteiger partial charge in [0.1, 0.15) is 11.6 Å². The molecule has 1 atom stereocenters. The van der Waals surface area contributed by atoms with Crippen LogP contribution < -0.4 is 24.4 Å². The molecular weight excluding hydrogens is 354 g/mol. The molecule has 2 heterocycles. The number of benzene rings is 2. The van der Waals surface area contributed by atoms with E-state index in [1.807, 2.05) is 36.5 Å². The molecule has 1 unspecified atom stereocenters. The van der Waals surface area contributed by atoms with Crippen LogP contribution in [0, 0.1) is 0 Å². The van der Waals surface area contributed by atoms with Crippen LogP contribution in [0.1, 0.15) is 11.6 Å². The van der Waals surface area contributed by atoms with Crippen molar-refractivity contribution in [2.75, 3.05) is 45.9 Å². The van der Waals surface area contributed by atoms with Gasteiger partial charge in [-0.1, -0.05) is 12.1 Å². The summed E-state index contributed by atoms with van der Waals surface area (Å²) in [6.07, 6.45) is 1.85. The van der Waals surface area contributed by atoms with Crippen molar-refractivity contribution in [3.8, 4) is 17.2 Å². The molecule has 0 amide bonds. The molecule has 0 bridgehead atoms. The zero-order valence-electron chi connectivity index (χ0n) is 16.4. The lowest BCUT2D eigenvalue weighted by atomic mass is 10.0. The SMILES string of the molecule is COc1cccc(C2CN(c3nccc4cc(OC)c(OC)cc34)CCN2)c1. The Labute approximate surface area is 165 Å². The first kappa shape index (κ1) is 18.4. The quantitative estimate of drug-likeness (QED) is 0.733. The van der Waals surface area contributed by atoms with Crippen molar-refractivity contribution < 1.29 is 14.2 Å². The number of methoxy groups -OCH3 is 3. The third-order valence-electron chi connectivity index (χ3n) is 5.22. The van der Waals surface area contributed by atoms with Gasteiger partial charge in [-0.3, -0.25) is 0 Å². The normalized spacial score (nSPS) is 16.8. The molecule has 1 N–H and O–H groups in total. The number of fused-ring (bicyclic) bond motifs is 1. The van der Waals surface area contributed by atoms with Crippen molar-refractivity contribution in [1.29, 1.82) is 0 Å². The van der Waals surface area contributed by atoms with Gasteiger partial charge < -0.3 is 24.4 Å². The Morgan fingerprint density at radius 3 is 2.61 bits per heavy atom. The van der Waals surface area contributed by atoms with Gasteiger partial charge in [-0.15, -0.1) is 0 Å². The molecule has 6 heteroatoms. The summed E-state index contributed by atoms with van der Waals surface area (Å²) in [5.74, 6) is 3.27. The highest BCUT2D eigenvalue weighted by molar-refractivity contribution is 5.94. The largest absolute Gasteiger partial charge is 0.497 e. The van der Waals surface area contributed by atoms with E-state index in [1.165, 1.54) is 5.56 Å². The average Bonchev–Trinajstić information content (AvgIpc) is 2.77. The van der Waals surface area contributed by atoms with Gasteiger partial charge >= 0.3 is 0 Å². The van der Waals surface area contributed by atoms with Crippen LogP contribution in [-0.4, -0.2) is 45.9 Å². The lowest BCUT2D eigenvalue weighted by molar-refractivity contribution is 0.356. The predicted octanol–water partition coefficient (Wildman–Crippen LogP) is 3.41. The first-order valence-electron chi connectivity index (χ1n) is 9.36. The summed E-state index contributed by atoms with van der Waals surface area (Å²) < 4.78 is 16.3. The van der Waals surface area contributed by atoms with E-state index in [1.54, 1.807) is 21.3 Å². The Kier molecular flexibility index (Phi) is 5.21. The molecule has 0 radical (unpaired) electrons. The van der Waals surface area contributed by atoms with Crippen molar-refractivity contribution >= 4 is 16.6 Å². The molecular formula is C22H25N3O3. The summed E-state index contributed by atoms with van der Waals surface area (Å²) in [7, 11) is 5.01. The van der Waals surface area contributed by atoms with Crippen LogP contribution in [0.15, 0.2) is 48.7 Å². The minimum atomic E-state index is 0.209. The maximum atomic E-state index is 5.51. The van der Waals surface area contributed by atoms with Crippen LogP contribution in [-0.2, 0) is 0 Å². The molecule has 0 saturated carbocycles. The Morgan fingerprint density at radius 2 is 1.82 bits per heavy atom. The second-order valence-corrected chi connectivity index (χ2v) is 6.79. The van der Waals surface area contributed by atoms with Crippen LogP contribution in [0.4, 0.5) is 5.82 Å². The van der Waals surface area contributed by atoms with E-state index >= 15 is 0 Å². The molecule has 1 saturated heterocycles. The maximum Gasteiger partial charge on any atom is 0.161 e. The van der Waals surface area contributed by atoms with Crippen molar-refractivity contribution in [2.45, 2.75) is 6.04 Å². The summed E-state index contributed by atoms with van der Waals surface area (Å²) in [6.45, 7) is 2.60. The zero-order chi connectivity index (χ0) is 19.5. The summed E-state index contributed by atoms with van der Waals surface area (Å²) in [5.41, 5.74) is 1.21. The smallest absolute Gasteiger partial charge is 0.161 e. The zero-order valence-corrected chi connectivity index (χ0v) is 16.4. The highest BCUT2D eigenvalue weighted by Gasteiger charge is 2.24. The average molecular weight is 379 g/mol. The molecule has 146 valence electrons. The van der Waals surface area contributed by atoms with Gasteiger partial charge in [0, 0.05) is 31.2 Å². The first-order chi connectivity index (χ1) is 13.7. The number of aromatic nitrogens is 1. The Morgan fingerprint density at radius 1 is 1.00 bits per heavy atom. The number of pyridine rings is 1. The van der Waals surface area contributed by atoms with E-state index in [-0.39, 0.29) is 6.04 Å². The van der Waals surface area contributed by atoms with Gasteiger partial charge in [0.2, 0.25) is 0 Å². The molecule has 28 heavy (non-hydrogen) atoms. The Bertz CT molecular complexity index is 976. The standard InChI is InChI=1S/C22H25N3O3/c1-26-17-6-4-5-16(11-17)19-14-25(10-9-23-19)22-18-13-21(28-3)20(27-2)12-15(18)7-8-24-22/h4-8,11-13,19,23H,9-10,14H2,1-3H3. The number of rotatable bonds is 5. The van der Waals surface area contributed by atoms with E-state index in [9.17, 15) is 0 Å². The van der Waals surface area contributed by atoms with E-state index in [2.05, 4.69) is 22.3 Å². The second-order valence-electron chi connectivity index (χ2n) is 6.79. The second kappa shape index (κ2) is 7.94. The van der Waals surface area contributed by atoms with Crippen LogP contribution in [0.3, 0.4) is 0 Å². The summed E-state index contributed by atoms with van der Waals surface area (Å²) >= 11 is 0. The molecule has 4 rings (SSSR count). The van der Waals surface area contributed by atoms with E-state index < -0.39 is 0 Å². The molecule has 0 spiro atoms. The molecule has 1 fully saturated rings. The number of ether oxygens (including phenoxy) is 3. The fourth-order valence-electron chi connectivity index (χ4n) is 3.76. The van der Waals surface area contributed by atoms with E-state index in [0.29, 0.717) is 5.75 Å².